The molecule has 0 bridgehead atoms. The van der Waals surface area contributed by atoms with E-state index in [0.717, 1.165) is 11.6 Å². The molecule has 0 heterocycles. The predicted molar refractivity (Wildman–Crippen MR) is 71.5 cm³/mol. The quantitative estimate of drug-likeness (QED) is 0.683. The molecule has 0 aliphatic carbocycles. The summed E-state index contributed by atoms with van der Waals surface area (Å²) >= 11 is 0. The topological polar surface area (TPSA) is 55.2 Å². The second-order valence-corrected chi connectivity index (χ2v) is 4.39. The Hall–Kier alpha value is -2.50. The lowest BCUT2D eigenvalue weighted by atomic mass is 10.1. The van der Waals surface area contributed by atoms with Gasteiger partial charge in [-0.2, -0.15) is 0 Å². The molecule has 2 rings (SSSR count). The summed E-state index contributed by atoms with van der Waals surface area (Å²) in [6.07, 6.45) is 0. The second kappa shape index (κ2) is 5.64. The summed E-state index contributed by atoms with van der Waals surface area (Å²) in [5, 5.41) is 13.5. The van der Waals surface area contributed by atoms with Crippen LogP contribution in [0.4, 0.5) is 20.2 Å². The average Bonchev–Trinajstić information content (AvgIpc) is 2.39. The summed E-state index contributed by atoms with van der Waals surface area (Å²) in [5.41, 5.74) is 1.30. The van der Waals surface area contributed by atoms with Crippen LogP contribution in [-0.2, 0) is 6.54 Å². The molecule has 6 heteroatoms. The molecule has 0 aromatic heterocycles. The third-order valence-electron chi connectivity index (χ3n) is 2.81. The van der Waals surface area contributed by atoms with Crippen LogP contribution in [-0.4, -0.2) is 4.92 Å². The standard InChI is InChI=1S/C14H12F2N2O2/c1-9-4-10(2-3-14(9)16)8-17-12-5-11(15)6-13(7-12)18(19)20/h2-7,17H,8H2,1H3. The zero-order valence-corrected chi connectivity index (χ0v) is 10.7. The van der Waals surface area contributed by atoms with E-state index >= 15 is 0 Å². The molecular formula is C14H12F2N2O2. The van der Waals surface area contributed by atoms with E-state index in [-0.39, 0.29) is 11.5 Å². The summed E-state index contributed by atoms with van der Waals surface area (Å²) in [4.78, 5) is 9.97. The lowest BCUT2D eigenvalue weighted by Crippen LogP contribution is -2.01. The number of nitro groups is 1. The number of anilines is 1. The summed E-state index contributed by atoms with van der Waals surface area (Å²) in [6.45, 7) is 1.97. The van der Waals surface area contributed by atoms with Gasteiger partial charge in [-0.3, -0.25) is 10.1 Å². The number of halogens is 2. The number of hydrogen-bond acceptors (Lipinski definition) is 3. The van der Waals surface area contributed by atoms with Crippen molar-refractivity contribution in [3.05, 3.63) is 69.3 Å². The van der Waals surface area contributed by atoms with Crippen molar-refractivity contribution >= 4 is 11.4 Å². The van der Waals surface area contributed by atoms with Crippen molar-refractivity contribution in [2.24, 2.45) is 0 Å². The van der Waals surface area contributed by atoms with Crippen LogP contribution in [0.1, 0.15) is 11.1 Å². The number of aryl methyl sites for hydroxylation is 1. The Labute approximate surface area is 114 Å². The van der Waals surface area contributed by atoms with Gasteiger partial charge in [-0.05, 0) is 30.2 Å². The first kappa shape index (κ1) is 13.9. The zero-order valence-electron chi connectivity index (χ0n) is 10.7. The van der Waals surface area contributed by atoms with Gasteiger partial charge < -0.3 is 5.32 Å². The van der Waals surface area contributed by atoms with Gasteiger partial charge in [-0.25, -0.2) is 8.78 Å². The molecule has 0 spiro atoms. The Morgan fingerprint density at radius 2 is 1.95 bits per heavy atom. The number of benzene rings is 2. The van der Waals surface area contributed by atoms with Crippen LogP contribution in [0.15, 0.2) is 36.4 Å². The van der Waals surface area contributed by atoms with Crippen LogP contribution >= 0.6 is 0 Å². The molecule has 0 atom stereocenters. The van der Waals surface area contributed by atoms with Gasteiger partial charge in [0.05, 0.1) is 11.0 Å². The van der Waals surface area contributed by atoms with E-state index in [4.69, 9.17) is 0 Å². The van der Waals surface area contributed by atoms with E-state index in [2.05, 4.69) is 5.32 Å². The van der Waals surface area contributed by atoms with Crippen molar-refractivity contribution < 1.29 is 13.7 Å². The molecule has 0 fully saturated rings. The third-order valence-corrected chi connectivity index (χ3v) is 2.81. The maximum Gasteiger partial charge on any atom is 0.274 e. The molecule has 2 aromatic rings. The summed E-state index contributed by atoms with van der Waals surface area (Å²) < 4.78 is 26.3. The number of non-ortho nitro benzene ring substituents is 1. The molecule has 0 saturated carbocycles. The predicted octanol–water partition coefficient (Wildman–Crippen LogP) is 3.79. The molecule has 0 amide bonds. The highest BCUT2D eigenvalue weighted by Gasteiger charge is 2.09. The molecule has 1 N–H and O–H groups in total. The monoisotopic (exact) mass is 278 g/mol. The van der Waals surface area contributed by atoms with Crippen LogP contribution in [0.25, 0.3) is 0 Å². The SMILES string of the molecule is Cc1cc(CNc2cc(F)cc([N+](=O)[O-])c2)ccc1F. The molecule has 0 saturated heterocycles. The highest BCUT2D eigenvalue weighted by atomic mass is 19.1. The minimum Gasteiger partial charge on any atom is -0.381 e. The van der Waals surface area contributed by atoms with Crippen molar-refractivity contribution in [2.75, 3.05) is 5.32 Å². The van der Waals surface area contributed by atoms with Gasteiger partial charge in [-0.15, -0.1) is 0 Å². The second-order valence-electron chi connectivity index (χ2n) is 4.39. The van der Waals surface area contributed by atoms with Gasteiger partial charge in [0.25, 0.3) is 5.69 Å². The van der Waals surface area contributed by atoms with E-state index in [1.807, 2.05) is 0 Å². The average molecular weight is 278 g/mol. The molecule has 2 aromatic carbocycles. The van der Waals surface area contributed by atoms with Gasteiger partial charge in [-0.1, -0.05) is 12.1 Å². The molecule has 4 nitrogen and oxygen atoms in total. The first-order valence-electron chi connectivity index (χ1n) is 5.89. The smallest absolute Gasteiger partial charge is 0.274 e. The van der Waals surface area contributed by atoms with Crippen LogP contribution in [0.5, 0.6) is 0 Å². The normalized spacial score (nSPS) is 10.3. The number of hydrogen-bond donors (Lipinski definition) is 1. The lowest BCUT2D eigenvalue weighted by Gasteiger charge is -2.08. The van der Waals surface area contributed by atoms with Gasteiger partial charge in [0.2, 0.25) is 0 Å². The molecule has 0 unspecified atom stereocenters. The van der Waals surface area contributed by atoms with E-state index in [1.54, 1.807) is 19.1 Å². The van der Waals surface area contributed by atoms with Crippen molar-refractivity contribution in [1.82, 2.24) is 0 Å². The summed E-state index contributed by atoms with van der Waals surface area (Å²) in [7, 11) is 0. The summed E-state index contributed by atoms with van der Waals surface area (Å²) in [6, 6.07) is 7.88. The van der Waals surface area contributed by atoms with Gasteiger partial charge >= 0.3 is 0 Å². The van der Waals surface area contributed by atoms with Crippen LogP contribution < -0.4 is 5.32 Å². The van der Waals surface area contributed by atoms with Crippen molar-refractivity contribution in [1.29, 1.82) is 0 Å². The number of nitro benzene ring substituents is 1. The van der Waals surface area contributed by atoms with Crippen molar-refractivity contribution in [3.63, 3.8) is 0 Å². The maximum atomic E-state index is 13.2. The molecule has 104 valence electrons. The largest absolute Gasteiger partial charge is 0.381 e. The first-order valence-corrected chi connectivity index (χ1v) is 5.89. The highest BCUT2D eigenvalue weighted by molar-refractivity contribution is 5.51. The zero-order chi connectivity index (χ0) is 14.7. The van der Waals surface area contributed by atoms with Crippen LogP contribution in [0, 0.1) is 28.7 Å². The van der Waals surface area contributed by atoms with E-state index in [1.165, 1.54) is 18.2 Å². The van der Waals surface area contributed by atoms with E-state index in [0.29, 0.717) is 17.8 Å². The van der Waals surface area contributed by atoms with Gasteiger partial charge in [0.1, 0.15) is 11.6 Å². The molecule has 0 aliphatic heterocycles. The minimum atomic E-state index is -0.683. The number of nitrogens with zero attached hydrogens (tertiary/aromatic N) is 1. The first-order chi connectivity index (χ1) is 9.45. The van der Waals surface area contributed by atoms with E-state index < -0.39 is 10.7 Å². The summed E-state index contributed by atoms with van der Waals surface area (Å²) in [5.74, 6) is -0.980. The van der Waals surface area contributed by atoms with Crippen LogP contribution in [0.3, 0.4) is 0 Å². The number of nitrogens with one attached hydrogen (secondary N) is 1. The number of rotatable bonds is 4. The van der Waals surface area contributed by atoms with Gasteiger partial charge in [0, 0.05) is 18.3 Å². The highest BCUT2D eigenvalue weighted by Crippen LogP contribution is 2.20. The Bertz CT molecular complexity index is 660. The Morgan fingerprint density at radius 1 is 1.20 bits per heavy atom. The molecular weight excluding hydrogens is 266 g/mol. The van der Waals surface area contributed by atoms with Crippen LogP contribution in [0.2, 0.25) is 0 Å². The Kier molecular flexibility index (Phi) is 3.93. The van der Waals surface area contributed by atoms with Crippen molar-refractivity contribution in [3.8, 4) is 0 Å². The lowest BCUT2D eigenvalue weighted by molar-refractivity contribution is -0.385. The fraction of sp³-hybridized carbons (Fsp3) is 0.143. The fourth-order valence-electron chi connectivity index (χ4n) is 1.80. The van der Waals surface area contributed by atoms with E-state index in [9.17, 15) is 18.9 Å². The fourth-order valence-corrected chi connectivity index (χ4v) is 1.80. The van der Waals surface area contributed by atoms with Crippen molar-refractivity contribution in [2.45, 2.75) is 13.5 Å². The molecule has 0 radical (unpaired) electrons. The Balaban J connectivity index is 2.14. The molecule has 20 heavy (non-hydrogen) atoms. The maximum absolute atomic E-state index is 13.2. The third kappa shape index (κ3) is 3.28. The molecule has 0 aliphatic rings. The minimum absolute atomic E-state index is 0.296. The Morgan fingerprint density at radius 3 is 2.60 bits per heavy atom. The van der Waals surface area contributed by atoms with Gasteiger partial charge in [0.15, 0.2) is 0 Å².